The average molecular weight is 358 g/mol. The van der Waals surface area contributed by atoms with Gasteiger partial charge in [-0.1, -0.05) is 12.1 Å². The molecule has 26 heavy (non-hydrogen) atoms. The fourth-order valence-corrected chi connectivity index (χ4v) is 3.17. The van der Waals surface area contributed by atoms with Crippen molar-refractivity contribution < 1.29 is 9.59 Å². The molecule has 1 aliphatic heterocycles. The SMILES string of the molecule is CC1CN(CC(N)=O)CCN1C(=O)NCn1cnc2ccccc2c1=O. The van der Waals surface area contributed by atoms with Gasteiger partial charge in [-0.05, 0) is 19.1 Å². The third kappa shape index (κ3) is 3.83. The first-order chi connectivity index (χ1) is 12.5. The van der Waals surface area contributed by atoms with Gasteiger partial charge in [0.1, 0.15) is 6.67 Å². The van der Waals surface area contributed by atoms with E-state index in [1.54, 1.807) is 23.1 Å². The summed E-state index contributed by atoms with van der Waals surface area (Å²) < 4.78 is 1.37. The quantitative estimate of drug-likeness (QED) is 0.769. The summed E-state index contributed by atoms with van der Waals surface area (Å²) in [5.41, 5.74) is 5.64. The Hall–Kier alpha value is -2.94. The number of nitrogens with one attached hydrogen (secondary N) is 1. The van der Waals surface area contributed by atoms with Gasteiger partial charge in [-0.3, -0.25) is 19.1 Å². The smallest absolute Gasteiger partial charge is 0.319 e. The third-order valence-electron chi connectivity index (χ3n) is 4.48. The number of amides is 3. The number of carbonyl (C=O) groups excluding carboxylic acids is 2. The Morgan fingerprint density at radius 3 is 2.81 bits per heavy atom. The highest BCUT2D eigenvalue weighted by atomic mass is 16.2. The molecular weight excluding hydrogens is 336 g/mol. The highest BCUT2D eigenvalue weighted by Crippen LogP contribution is 2.09. The van der Waals surface area contributed by atoms with E-state index in [4.69, 9.17) is 5.73 Å². The molecule has 0 radical (unpaired) electrons. The van der Waals surface area contributed by atoms with E-state index in [0.717, 1.165) is 0 Å². The molecule has 1 unspecified atom stereocenters. The zero-order valence-electron chi connectivity index (χ0n) is 14.6. The van der Waals surface area contributed by atoms with Crippen LogP contribution in [0.15, 0.2) is 35.4 Å². The lowest BCUT2D eigenvalue weighted by atomic mass is 10.2. The van der Waals surface area contributed by atoms with E-state index >= 15 is 0 Å². The molecule has 0 saturated carbocycles. The Balaban J connectivity index is 1.62. The zero-order valence-corrected chi connectivity index (χ0v) is 14.6. The second-order valence-electron chi connectivity index (χ2n) is 6.42. The normalized spacial score (nSPS) is 18.0. The maximum Gasteiger partial charge on any atom is 0.319 e. The number of piperazine rings is 1. The van der Waals surface area contributed by atoms with Crippen LogP contribution in [0.1, 0.15) is 6.92 Å². The number of primary amides is 1. The van der Waals surface area contributed by atoms with Crippen LogP contribution in [-0.2, 0) is 11.5 Å². The first-order valence-electron chi connectivity index (χ1n) is 8.45. The number of aromatic nitrogens is 2. The van der Waals surface area contributed by atoms with Gasteiger partial charge >= 0.3 is 6.03 Å². The molecule has 1 fully saturated rings. The van der Waals surface area contributed by atoms with Crippen molar-refractivity contribution in [2.75, 3.05) is 26.2 Å². The van der Waals surface area contributed by atoms with E-state index in [-0.39, 0.29) is 36.8 Å². The number of nitrogens with zero attached hydrogens (tertiary/aromatic N) is 4. The predicted octanol–water partition coefficient (Wildman–Crippen LogP) is -0.445. The van der Waals surface area contributed by atoms with Crippen LogP contribution in [0.25, 0.3) is 10.9 Å². The van der Waals surface area contributed by atoms with Gasteiger partial charge in [0, 0.05) is 25.7 Å². The highest BCUT2D eigenvalue weighted by Gasteiger charge is 2.27. The maximum atomic E-state index is 12.5. The van der Waals surface area contributed by atoms with E-state index in [1.165, 1.54) is 10.9 Å². The van der Waals surface area contributed by atoms with Crippen molar-refractivity contribution >= 4 is 22.8 Å². The van der Waals surface area contributed by atoms with Crippen molar-refractivity contribution in [1.29, 1.82) is 0 Å². The zero-order chi connectivity index (χ0) is 18.7. The average Bonchev–Trinajstić information content (AvgIpc) is 2.61. The van der Waals surface area contributed by atoms with Crippen molar-refractivity contribution in [2.24, 2.45) is 5.73 Å². The van der Waals surface area contributed by atoms with E-state index < -0.39 is 0 Å². The van der Waals surface area contributed by atoms with Crippen LogP contribution < -0.4 is 16.6 Å². The van der Waals surface area contributed by atoms with Crippen molar-refractivity contribution in [3.63, 3.8) is 0 Å². The minimum absolute atomic E-state index is 0.0454. The Kier molecular flexibility index (Phi) is 5.17. The van der Waals surface area contributed by atoms with E-state index in [0.29, 0.717) is 30.5 Å². The van der Waals surface area contributed by atoms with Gasteiger partial charge in [-0.2, -0.15) is 0 Å². The number of carbonyl (C=O) groups is 2. The summed E-state index contributed by atoms with van der Waals surface area (Å²) in [7, 11) is 0. The van der Waals surface area contributed by atoms with E-state index in [1.807, 2.05) is 17.9 Å². The Morgan fingerprint density at radius 2 is 2.08 bits per heavy atom. The van der Waals surface area contributed by atoms with Gasteiger partial charge in [0.05, 0.1) is 23.8 Å². The number of hydrogen-bond donors (Lipinski definition) is 2. The molecule has 3 N–H and O–H groups in total. The molecular formula is C17H22N6O3. The second kappa shape index (κ2) is 7.52. The molecule has 3 rings (SSSR count). The van der Waals surface area contributed by atoms with Gasteiger partial charge in [0.2, 0.25) is 5.91 Å². The van der Waals surface area contributed by atoms with Gasteiger partial charge in [0.25, 0.3) is 5.56 Å². The summed E-state index contributed by atoms with van der Waals surface area (Å²) in [5, 5.41) is 3.27. The summed E-state index contributed by atoms with van der Waals surface area (Å²) in [5.74, 6) is -0.377. The van der Waals surface area contributed by atoms with Gasteiger partial charge in [0.15, 0.2) is 0 Å². The standard InChI is InChI=1S/C17H22N6O3/c1-12-8-21(9-15(18)24)6-7-23(12)17(26)20-11-22-10-19-14-5-3-2-4-13(14)16(22)25/h2-5,10,12H,6-9,11H2,1H3,(H2,18,24)(H,20,26). The lowest BCUT2D eigenvalue weighted by Crippen LogP contribution is -2.57. The van der Waals surface area contributed by atoms with Crippen molar-refractivity contribution in [2.45, 2.75) is 19.6 Å². The number of fused-ring (bicyclic) bond motifs is 1. The Morgan fingerprint density at radius 1 is 1.31 bits per heavy atom. The van der Waals surface area contributed by atoms with Crippen LogP contribution in [0.3, 0.4) is 0 Å². The molecule has 1 aromatic heterocycles. The summed E-state index contributed by atoms with van der Waals surface area (Å²) in [6.45, 7) is 3.80. The van der Waals surface area contributed by atoms with Crippen LogP contribution in [0.4, 0.5) is 4.79 Å². The molecule has 0 bridgehead atoms. The molecule has 9 nitrogen and oxygen atoms in total. The van der Waals surface area contributed by atoms with E-state index in [2.05, 4.69) is 10.3 Å². The molecule has 2 aromatic rings. The number of para-hydroxylation sites is 1. The first-order valence-corrected chi connectivity index (χ1v) is 8.45. The predicted molar refractivity (Wildman–Crippen MR) is 96.3 cm³/mol. The van der Waals surface area contributed by atoms with Gasteiger partial charge in [-0.25, -0.2) is 9.78 Å². The molecule has 9 heteroatoms. The fraction of sp³-hybridized carbons (Fsp3) is 0.412. The number of nitrogens with two attached hydrogens (primary N) is 1. The lowest BCUT2D eigenvalue weighted by molar-refractivity contribution is -0.119. The van der Waals surface area contributed by atoms with Gasteiger partial charge in [-0.15, -0.1) is 0 Å². The number of urea groups is 1. The van der Waals surface area contributed by atoms with Crippen LogP contribution >= 0.6 is 0 Å². The molecule has 1 aliphatic rings. The van der Waals surface area contributed by atoms with Gasteiger partial charge < -0.3 is 16.0 Å². The number of hydrogen-bond acceptors (Lipinski definition) is 5. The summed E-state index contributed by atoms with van der Waals surface area (Å²) in [6, 6.07) is 6.77. The molecule has 2 heterocycles. The minimum atomic E-state index is -0.377. The maximum absolute atomic E-state index is 12.5. The van der Waals surface area contributed by atoms with Crippen molar-refractivity contribution in [3.05, 3.63) is 40.9 Å². The topological polar surface area (TPSA) is 114 Å². The Labute approximate surface area is 150 Å². The molecule has 3 amide bonds. The number of benzene rings is 1. The fourth-order valence-electron chi connectivity index (χ4n) is 3.17. The lowest BCUT2D eigenvalue weighted by Gasteiger charge is -2.39. The van der Waals surface area contributed by atoms with Crippen molar-refractivity contribution in [1.82, 2.24) is 24.7 Å². The molecule has 1 atom stereocenters. The van der Waals surface area contributed by atoms with Crippen LogP contribution in [0.2, 0.25) is 0 Å². The van der Waals surface area contributed by atoms with E-state index in [9.17, 15) is 14.4 Å². The largest absolute Gasteiger partial charge is 0.369 e. The summed E-state index contributed by atoms with van der Waals surface area (Å²) in [6.07, 6.45) is 1.43. The summed E-state index contributed by atoms with van der Waals surface area (Å²) >= 11 is 0. The molecule has 0 aliphatic carbocycles. The minimum Gasteiger partial charge on any atom is -0.369 e. The molecule has 1 saturated heterocycles. The number of rotatable bonds is 4. The summed E-state index contributed by atoms with van der Waals surface area (Å²) in [4.78, 5) is 43.8. The second-order valence-corrected chi connectivity index (χ2v) is 6.42. The molecule has 138 valence electrons. The van der Waals surface area contributed by atoms with Crippen LogP contribution in [0, 0.1) is 0 Å². The monoisotopic (exact) mass is 358 g/mol. The Bertz CT molecular complexity index is 880. The van der Waals surface area contributed by atoms with Crippen LogP contribution in [0.5, 0.6) is 0 Å². The first kappa shape index (κ1) is 17.9. The van der Waals surface area contributed by atoms with Crippen LogP contribution in [-0.4, -0.2) is 63.5 Å². The molecule has 1 aromatic carbocycles. The molecule has 0 spiro atoms. The third-order valence-corrected chi connectivity index (χ3v) is 4.48. The van der Waals surface area contributed by atoms with Crippen molar-refractivity contribution in [3.8, 4) is 0 Å². The highest BCUT2D eigenvalue weighted by molar-refractivity contribution is 5.77.